The van der Waals surface area contributed by atoms with Gasteiger partial charge in [0, 0.05) is 6.54 Å². The lowest BCUT2D eigenvalue weighted by molar-refractivity contribution is 0.384. The van der Waals surface area contributed by atoms with Gasteiger partial charge in [-0.2, -0.15) is 4.39 Å². The van der Waals surface area contributed by atoms with Crippen LogP contribution in [0.2, 0.25) is 0 Å². The molecule has 1 fully saturated rings. The van der Waals surface area contributed by atoms with Gasteiger partial charge in [-0.1, -0.05) is 30.4 Å². The average Bonchev–Trinajstić information content (AvgIpc) is 3.23. The number of pyridine rings is 1. The largest absolute Gasteiger partial charge is 0.348 e. The van der Waals surface area contributed by atoms with Crippen molar-refractivity contribution >= 4 is 11.5 Å². The molecule has 2 aromatic rings. The highest BCUT2D eigenvalue weighted by Crippen LogP contribution is 2.36. The standard InChI is InChI=1S/C23H20F2N4/c24-17-6-1-5-16(15-17)20-10-4-14-28(20)23-13-12-18-7-2-9-21(29(18)27-23)19-8-3-11-22(25)26-19/h1,3,5-9,11-13,15,20H,2,4,10,14H2/t20-/m1/s1. The molecule has 0 spiro atoms. The van der Waals surface area contributed by atoms with E-state index in [0.717, 1.165) is 48.6 Å². The van der Waals surface area contributed by atoms with Crippen LogP contribution in [0.3, 0.4) is 0 Å². The first kappa shape index (κ1) is 17.8. The van der Waals surface area contributed by atoms with E-state index in [0.29, 0.717) is 5.69 Å². The van der Waals surface area contributed by atoms with Crippen molar-refractivity contribution in [1.82, 2.24) is 14.9 Å². The van der Waals surface area contributed by atoms with Gasteiger partial charge in [0.25, 0.3) is 0 Å². The van der Waals surface area contributed by atoms with Crippen LogP contribution in [-0.4, -0.2) is 27.3 Å². The van der Waals surface area contributed by atoms with Crippen LogP contribution < -0.4 is 0 Å². The van der Waals surface area contributed by atoms with Gasteiger partial charge in [-0.3, -0.25) is 0 Å². The highest BCUT2D eigenvalue weighted by atomic mass is 19.1. The van der Waals surface area contributed by atoms with E-state index in [1.807, 2.05) is 29.3 Å². The zero-order valence-corrected chi connectivity index (χ0v) is 15.8. The fourth-order valence-electron chi connectivity index (χ4n) is 4.17. The molecule has 1 aromatic heterocycles. The van der Waals surface area contributed by atoms with E-state index < -0.39 is 5.95 Å². The van der Waals surface area contributed by atoms with E-state index in [9.17, 15) is 8.78 Å². The molecule has 4 heterocycles. The maximum absolute atomic E-state index is 13.8. The first-order chi connectivity index (χ1) is 14.2. The molecule has 0 N–H and O–H groups in total. The van der Waals surface area contributed by atoms with Crippen LogP contribution in [0.25, 0.3) is 5.70 Å². The summed E-state index contributed by atoms with van der Waals surface area (Å²) < 4.78 is 27.4. The summed E-state index contributed by atoms with van der Waals surface area (Å²) in [5.41, 5.74) is 3.22. The molecule has 4 nitrogen and oxygen atoms in total. The minimum Gasteiger partial charge on any atom is -0.348 e. The molecule has 0 amide bonds. The monoisotopic (exact) mass is 390 g/mol. The van der Waals surface area contributed by atoms with Gasteiger partial charge in [0.1, 0.15) is 11.7 Å². The quantitative estimate of drug-likeness (QED) is 0.676. The van der Waals surface area contributed by atoms with Gasteiger partial charge in [0.15, 0.2) is 0 Å². The molecule has 5 rings (SSSR count). The molecule has 0 saturated carbocycles. The predicted octanol–water partition coefficient (Wildman–Crippen LogP) is 5.01. The summed E-state index contributed by atoms with van der Waals surface area (Å²) in [4.78, 5) is 6.25. The first-order valence-corrected chi connectivity index (χ1v) is 9.81. The average molecular weight is 390 g/mol. The Labute approximate surface area is 168 Å². The highest BCUT2D eigenvalue weighted by Gasteiger charge is 2.31. The van der Waals surface area contributed by atoms with Crippen molar-refractivity contribution in [2.24, 2.45) is 5.10 Å². The van der Waals surface area contributed by atoms with E-state index in [-0.39, 0.29) is 11.9 Å². The lowest BCUT2D eigenvalue weighted by Crippen LogP contribution is -2.34. The summed E-state index contributed by atoms with van der Waals surface area (Å²) in [6.45, 7) is 0.856. The second-order valence-corrected chi connectivity index (χ2v) is 7.31. The molecule has 3 aliphatic heterocycles. The van der Waals surface area contributed by atoms with Crippen molar-refractivity contribution < 1.29 is 8.78 Å². The van der Waals surface area contributed by atoms with Crippen molar-refractivity contribution in [3.63, 3.8) is 0 Å². The molecule has 0 bridgehead atoms. The molecule has 146 valence electrons. The van der Waals surface area contributed by atoms with Gasteiger partial charge < -0.3 is 4.90 Å². The number of hydrogen-bond acceptors (Lipinski definition) is 4. The first-order valence-electron chi connectivity index (χ1n) is 9.81. The molecule has 6 heteroatoms. The van der Waals surface area contributed by atoms with Crippen LogP contribution in [-0.2, 0) is 0 Å². The Kier molecular flexibility index (Phi) is 4.46. The number of allylic oxidation sites excluding steroid dienone is 3. The number of aromatic nitrogens is 1. The van der Waals surface area contributed by atoms with E-state index in [1.54, 1.807) is 24.3 Å². The van der Waals surface area contributed by atoms with Gasteiger partial charge in [0.05, 0.1) is 23.1 Å². The van der Waals surface area contributed by atoms with E-state index in [1.165, 1.54) is 12.1 Å². The number of likely N-dealkylation sites (tertiary alicyclic amines) is 1. The van der Waals surface area contributed by atoms with E-state index in [4.69, 9.17) is 5.10 Å². The van der Waals surface area contributed by atoms with E-state index in [2.05, 4.69) is 16.0 Å². The second-order valence-electron chi connectivity index (χ2n) is 7.31. The predicted molar refractivity (Wildman–Crippen MR) is 108 cm³/mol. The number of hydrogen-bond donors (Lipinski definition) is 0. The van der Waals surface area contributed by atoms with Gasteiger partial charge >= 0.3 is 0 Å². The lowest BCUT2D eigenvalue weighted by Gasteiger charge is -2.33. The molecule has 1 atom stereocenters. The van der Waals surface area contributed by atoms with E-state index >= 15 is 0 Å². The molecular formula is C23H20F2N4. The summed E-state index contributed by atoms with van der Waals surface area (Å²) in [5.74, 6) is 0.0826. The van der Waals surface area contributed by atoms with Crippen molar-refractivity contribution in [3.8, 4) is 0 Å². The van der Waals surface area contributed by atoms with Crippen molar-refractivity contribution in [2.75, 3.05) is 6.54 Å². The Bertz CT molecular complexity index is 1070. The normalized spacial score (nSPS) is 20.9. The molecule has 29 heavy (non-hydrogen) atoms. The fraction of sp³-hybridized carbons (Fsp3) is 0.217. The summed E-state index contributed by atoms with van der Waals surface area (Å²) in [6.07, 6.45) is 10.8. The minimum atomic E-state index is -0.512. The third-order valence-corrected chi connectivity index (χ3v) is 5.47. The maximum atomic E-state index is 13.8. The number of fused-ring (bicyclic) bond motifs is 1. The Morgan fingerprint density at radius 2 is 1.90 bits per heavy atom. The number of benzene rings is 1. The molecular weight excluding hydrogens is 370 g/mol. The number of hydrazone groups is 1. The maximum Gasteiger partial charge on any atom is 0.213 e. The molecule has 0 aliphatic carbocycles. The number of halogens is 2. The summed E-state index contributed by atoms with van der Waals surface area (Å²) in [6, 6.07) is 11.7. The van der Waals surface area contributed by atoms with Gasteiger partial charge in [-0.15, -0.1) is 5.10 Å². The number of nitrogens with zero attached hydrogens (tertiary/aromatic N) is 4. The SMILES string of the molecule is Fc1cccc([C@H]2CCCN2C2=NN3C(=CCC=C3c3cccc(F)n3)C=C2)c1. The van der Waals surface area contributed by atoms with Crippen LogP contribution in [0.15, 0.2) is 77.6 Å². The van der Waals surface area contributed by atoms with Gasteiger partial charge in [-0.05, 0) is 61.2 Å². The minimum absolute atomic E-state index is 0.0872. The Morgan fingerprint density at radius 3 is 2.76 bits per heavy atom. The summed E-state index contributed by atoms with van der Waals surface area (Å²) >= 11 is 0. The third-order valence-electron chi connectivity index (χ3n) is 5.47. The smallest absolute Gasteiger partial charge is 0.213 e. The summed E-state index contributed by atoms with van der Waals surface area (Å²) in [7, 11) is 0. The molecule has 3 aliphatic rings. The van der Waals surface area contributed by atoms with Crippen molar-refractivity contribution in [3.05, 3.63) is 95.5 Å². The third kappa shape index (κ3) is 3.35. The zero-order chi connectivity index (χ0) is 19.8. The number of rotatable bonds is 2. The highest BCUT2D eigenvalue weighted by molar-refractivity contribution is 5.95. The molecule has 1 aromatic carbocycles. The molecule has 1 saturated heterocycles. The molecule has 0 radical (unpaired) electrons. The van der Waals surface area contributed by atoms with Crippen molar-refractivity contribution in [1.29, 1.82) is 0 Å². The number of amidine groups is 1. The van der Waals surface area contributed by atoms with Crippen LogP contribution in [0, 0.1) is 11.8 Å². The Balaban J connectivity index is 1.48. The fourth-order valence-corrected chi connectivity index (χ4v) is 4.17. The van der Waals surface area contributed by atoms with Crippen LogP contribution in [0.4, 0.5) is 8.78 Å². The van der Waals surface area contributed by atoms with Crippen LogP contribution in [0.5, 0.6) is 0 Å². The van der Waals surface area contributed by atoms with Crippen LogP contribution >= 0.6 is 0 Å². The lowest BCUT2D eigenvalue weighted by atomic mass is 10.0. The summed E-state index contributed by atoms with van der Waals surface area (Å²) in [5, 5.41) is 6.69. The van der Waals surface area contributed by atoms with Crippen LogP contribution in [0.1, 0.15) is 36.6 Å². The van der Waals surface area contributed by atoms with Gasteiger partial charge in [-0.25, -0.2) is 14.4 Å². The Hall–Kier alpha value is -3.28. The Morgan fingerprint density at radius 1 is 1.00 bits per heavy atom. The zero-order valence-electron chi connectivity index (χ0n) is 15.8. The molecule has 0 unspecified atom stereocenters. The van der Waals surface area contributed by atoms with Crippen molar-refractivity contribution in [2.45, 2.75) is 25.3 Å². The van der Waals surface area contributed by atoms with Gasteiger partial charge in [0.2, 0.25) is 5.95 Å². The topological polar surface area (TPSA) is 31.7 Å². The second kappa shape index (κ2) is 7.28.